The third-order valence-electron chi connectivity index (χ3n) is 2.95. The Morgan fingerprint density at radius 2 is 2.00 bits per heavy atom. The van der Waals surface area contributed by atoms with E-state index in [4.69, 9.17) is 4.42 Å². The summed E-state index contributed by atoms with van der Waals surface area (Å²) < 4.78 is 32.7. The average Bonchev–Trinajstić information content (AvgIpc) is 2.94. The van der Waals surface area contributed by atoms with Gasteiger partial charge in [0.15, 0.2) is 5.82 Å². The predicted molar refractivity (Wildman–Crippen MR) is 84.3 cm³/mol. The Morgan fingerprint density at radius 3 is 2.78 bits per heavy atom. The van der Waals surface area contributed by atoms with Gasteiger partial charge < -0.3 is 4.42 Å². The SMILES string of the molecule is Fc1cnc(/C=C/c2nnc(Cc3cccc(Br)c3)o2)c(F)c1. The van der Waals surface area contributed by atoms with E-state index in [1.54, 1.807) is 0 Å². The Labute approximate surface area is 139 Å². The molecule has 0 aliphatic heterocycles. The molecule has 0 aliphatic rings. The van der Waals surface area contributed by atoms with E-state index in [1.165, 1.54) is 12.2 Å². The molecule has 0 unspecified atom stereocenters. The third kappa shape index (κ3) is 4.07. The molecule has 23 heavy (non-hydrogen) atoms. The van der Waals surface area contributed by atoms with Crippen molar-refractivity contribution < 1.29 is 13.2 Å². The van der Waals surface area contributed by atoms with Gasteiger partial charge in [-0.05, 0) is 23.8 Å². The second-order valence-corrected chi connectivity index (χ2v) is 5.61. The lowest BCUT2D eigenvalue weighted by Gasteiger charge is -1.97. The van der Waals surface area contributed by atoms with Crippen molar-refractivity contribution in [2.24, 2.45) is 0 Å². The molecule has 0 atom stereocenters. The van der Waals surface area contributed by atoms with Crippen LogP contribution in [0.4, 0.5) is 8.78 Å². The topological polar surface area (TPSA) is 51.8 Å². The molecule has 0 saturated carbocycles. The van der Waals surface area contributed by atoms with Crippen molar-refractivity contribution in [3.63, 3.8) is 0 Å². The monoisotopic (exact) mass is 377 g/mol. The van der Waals surface area contributed by atoms with Gasteiger partial charge in [0, 0.05) is 16.6 Å². The first kappa shape index (κ1) is 15.5. The fourth-order valence-electron chi connectivity index (χ4n) is 1.92. The van der Waals surface area contributed by atoms with Gasteiger partial charge in [-0.15, -0.1) is 10.2 Å². The molecule has 2 heterocycles. The Kier molecular flexibility index (Phi) is 4.57. The molecule has 2 aromatic heterocycles. The highest BCUT2D eigenvalue weighted by Crippen LogP contribution is 2.16. The van der Waals surface area contributed by atoms with Crippen LogP contribution in [-0.2, 0) is 6.42 Å². The van der Waals surface area contributed by atoms with Crippen molar-refractivity contribution in [1.82, 2.24) is 15.2 Å². The van der Waals surface area contributed by atoms with Crippen LogP contribution in [0.15, 0.2) is 45.4 Å². The molecular weight excluding hydrogens is 368 g/mol. The fraction of sp³-hybridized carbons (Fsp3) is 0.0625. The Morgan fingerprint density at radius 1 is 1.13 bits per heavy atom. The van der Waals surface area contributed by atoms with Gasteiger partial charge in [-0.2, -0.15) is 0 Å². The number of hydrogen-bond donors (Lipinski definition) is 0. The number of halogens is 3. The molecule has 116 valence electrons. The summed E-state index contributed by atoms with van der Waals surface area (Å²) in [7, 11) is 0. The number of hydrogen-bond acceptors (Lipinski definition) is 4. The first-order valence-corrected chi connectivity index (χ1v) is 7.45. The largest absolute Gasteiger partial charge is 0.421 e. The van der Waals surface area contributed by atoms with Crippen molar-refractivity contribution in [3.8, 4) is 0 Å². The summed E-state index contributed by atoms with van der Waals surface area (Å²) in [5.41, 5.74) is 1.02. The van der Waals surface area contributed by atoms with E-state index in [0.717, 1.165) is 22.3 Å². The molecule has 1 aromatic carbocycles. The smallest absolute Gasteiger partial charge is 0.240 e. The van der Waals surface area contributed by atoms with Crippen LogP contribution in [0, 0.1) is 11.6 Å². The Hall–Kier alpha value is -2.41. The van der Waals surface area contributed by atoms with Gasteiger partial charge >= 0.3 is 0 Å². The maximum Gasteiger partial charge on any atom is 0.240 e. The second-order valence-electron chi connectivity index (χ2n) is 4.69. The zero-order chi connectivity index (χ0) is 16.2. The summed E-state index contributed by atoms with van der Waals surface area (Å²) in [5.74, 6) is -0.820. The van der Waals surface area contributed by atoms with Gasteiger partial charge in [-0.3, -0.25) is 4.98 Å². The standard InChI is InChI=1S/C16H10BrF2N3O/c17-11-3-1-2-10(6-11)7-16-22-21-15(23-16)5-4-14-13(19)8-12(18)9-20-14/h1-6,8-9H,7H2/b5-4+. The zero-order valence-electron chi connectivity index (χ0n) is 11.7. The van der Waals surface area contributed by atoms with Crippen LogP contribution in [0.3, 0.4) is 0 Å². The van der Waals surface area contributed by atoms with Crippen LogP contribution in [0.1, 0.15) is 23.0 Å². The average molecular weight is 378 g/mol. The molecule has 0 radical (unpaired) electrons. The second kappa shape index (κ2) is 6.78. The van der Waals surface area contributed by atoms with Crippen LogP contribution in [0.2, 0.25) is 0 Å². The highest BCUT2D eigenvalue weighted by molar-refractivity contribution is 9.10. The Balaban J connectivity index is 1.73. The maximum atomic E-state index is 13.5. The van der Waals surface area contributed by atoms with Crippen molar-refractivity contribution in [2.45, 2.75) is 6.42 Å². The molecular formula is C16H10BrF2N3O. The minimum atomic E-state index is -0.755. The van der Waals surface area contributed by atoms with Gasteiger partial charge in [0.05, 0.1) is 18.3 Å². The van der Waals surface area contributed by atoms with Crippen LogP contribution in [0.25, 0.3) is 12.2 Å². The van der Waals surface area contributed by atoms with Gasteiger partial charge in [-0.1, -0.05) is 28.1 Å². The number of pyridine rings is 1. The van der Waals surface area contributed by atoms with Crippen LogP contribution in [0.5, 0.6) is 0 Å². The summed E-state index contributed by atoms with van der Waals surface area (Å²) in [4.78, 5) is 3.65. The normalized spacial score (nSPS) is 11.3. The van der Waals surface area contributed by atoms with E-state index in [-0.39, 0.29) is 11.6 Å². The first-order chi connectivity index (χ1) is 11.1. The number of nitrogens with zero attached hydrogens (tertiary/aromatic N) is 3. The molecule has 0 spiro atoms. The summed E-state index contributed by atoms with van der Waals surface area (Å²) >= 11 is 3.40. The van der Waals surface area contributed by atoms with Crippen molar-refractivity contribution >= 4 is 28.1 Å². The molecule has 0 bridgehead atoms. The van der Waals surface area contributed by atoms with Crippen molar-refractivity contribution in [2.75, 3.05) is 0 Å². The number of rotatable bonds is 4. The summed E-state index contributed by atoms with van der Waals surface area (Å²) in [5, 5.41) is 7.79. The molecule has 0 saturated heterocycles. The van der Waals surface area contributed by atoms with Gasteiger partial charge in [0.25, 0.3) is 0 Å². The fourth-order valence-corrected chi connectivity index (χ4v) is 2.37. The molecule has 0 aliphatic carbocycles. The molecule has 4 nitrogen and oxygen atoms in total. The molecule has 3 aromatic rings. The lowest BCUT2D eigenvalue weighted by atomic mass is 10.1. The van der Waals surface area contributed by atoms with E-state index < -0.39 is 11.6 Å². The highest BCUT2D eigenvalue weighted by Gasteiger charge is 2.06. The highest BCUT2D eigenvalue weighted by atomic mass is 79.9. The first-order valence-electron chi connectivity index (χ1n) is 6.66. The van der Waals surface area contributed by atoms with E-state index in [1.807, 2.05) is 24.3 Å². The quantitative estimate of drug-likeness (QED) is 0.681. The molecule has 0 N–H and O–H groups in total. The van der Waals surface area contributed by atoms with Gasteiger partial charge in [0.1, 0.15) is 5.82 Å². The number of benzene rings is 1. The van der Waals surface area contributed by atoms with Gasteiger partial charge in [-0.25, -0.2) is 8.78 Å². The minimum absolute atomic E-state index is 0.00172. The predicted octanol–water partition coefficient (Wildman–Crippen LogP) is 4.27. The molecule has 0 fully saturated rings. The van der Waals surface area contributed by atoms with E-state index in [9.17, 15) is 8.78 Å². The lowest BCUT2D eigenvalue weighted by Crippen LogP contribution is -1.89. The minimum Gasteiger partial charge on any atom is -0.421 e. The molecule has 3 rings (SSSR count). The zero-order valence-corrected chi connectivity index (χ0v) is 13.3. The van der Waals surface area contributed by atoms with Crippen molar-refractivity contribution in [1.29, 1.82) is 0 Å². The van der Waals surface area contributed by atoms with Crippen LogP contribution in [-0.4, -0.2) is 15.2 Å². The van der Waals surface area contributed by atoms with Gasteiger partial charge in [0.2, 0.25) is 11.8 Å². The number of aromatic nitrogens is 3. The summed E-state index contributed by atoms with van der Waals surface area (Å²) in [6.07, 6.45) is 4.21. The Bertz CT molecular complexity index is 864. The lowest BCUT2D eigenvalue weighted by molar-refractivity contribution is 0.496. The van der Waals surface area contributed by atoms with E-state index in [2.05, 4.69) is 31.1 Å². The van der Waals surface area contributed by atoms with E-state index >= 15 is 0 Å². The molecule has 7 heteroatoms. The maximum absolute atomic E-state index is 13.5. The molecule has 0 amide bonds. The van der Waals surface area contributed by atoms with Crippen LogP contribution >= 0.6 is 15.9 Å². The van der Waals surface area contributed by atoms with Crippen molar-refractivity contribution in [3.05, 3.63) is 75.7 Å². The van der Waals surface area contributed by atoms with Crippen LogP contribution < -0.4 is 0 Å². The third-order valence-corrected chi connectivity index (χ3v) is 3.44. The summed E-state index contributed by atoms with van der Waals surface area (Å²) in [6.45, 7) is 0. The summed E-state index contributed by atoms with van der Waals surface area (Å²) in [6, 6.07) is 8.51. The van der Waals surface area contributed by atoms with E-state index in [0.29, 0.717) is 12.3 Å².